The van der Waals surface area contributed by atoms with Crippen LogP contribution in [0.2, 0.25) is 0 Å². The summed E-state index contributed by atoms with van der Waals surface area (Å²) in [6.45, 7) is 4.24. The molecule has 1 aliphatic heterocycles. The predicted octanol–water partition coefficient (Wildman–Crippen LogP) is 1.64. The van der Waals surface area contributed by atoms with Gasteiger partial charge in [-0.3, -0.25) is 15.5 Å². The summed E-state index contributed by atoms with van der Waals surface area (Å²) >= 11 is 1.51. The zero-order valence-electron chi connectivity index (χ0n) is 10.0. The van der Waals surface area contributed by atoms with Crippen molar-refractivity contribution in [2.45, 2.75) is 25.3 Å². The lowest BCUT2D eigenvalue weighted by atomic mass is 10.0. The van der Waals surface area contributed by atoms with E-state index in [1.165, 1.54) is 17.3 Å². The van der Waals surface area contributed by atoms with Crippen LogP contribution in [0.3, 0.4) is 0 Å². The van der Waals surface area contributed by atoms with Crippen LogP contribution in [0.5, 0.6) is 0 Å². The molecule has 0 spiro atoms. The molecule has 4 nitrogen and oxygen atoms in total. The van der Waals surface area contributed by atoms with E-state index in [9.17, 15) is 4.79 Å². The highest BCUT2D eigenvalue weighted by molar-refractivity contribution is 8.01. The number of hydrogen-bond donors (Lipinski definition) is 2. The lowest BCUT2D eigenvalue weighted by Gasteiger charge is -2.26. The van der Waals surface area contributed by atoms with E-state index in [4.69, 9.17) is 5.84 Å². The summed E-state index contributed by atoms with van der Waals surface area (Å²) in [5, 5.41) is 0. The van der Waals surface area contributed by atoms with Crippen LogP contribution in [0.25, 0.3) is 0 Å². The largest absolute Gasteiger partial charge is 0.285 e. The number of carbonyl (C=O) groups is 1. The molecule has 1 aromatic rings. The number of nitrogens with two attached hydrogens (primary N) is 1. The van der Waals surface area contributed by atoms with E-state index < -0.39 is 0 Å². The average Bonchev–Trinajstić information content (AvgIpc) is 2.70. The van der Waals surface area contributed by atoms with E-state index in [1.54, 1.807) is 4.90 Å². The van der Waals surface area contributed by atoms with Gasteiger partial charge < -0.3 is 0 Å². The van der Waals surface area contributed by atoms with Gasteiger partial charge in [0.05, 0.1) is 5.75 Å². The molecule has 5 heteroatoms. The zero-order chi connectivity index (χ0) is 12.4. The SMILES string of the molecule is CC(C)c1ccccc1N1C(=O)CSC1NN. The fraction of sp³-hybridized carbons (Fsp3) is 0.417. The Kier molecular flexibility index (Phi) is 3.71. The van der Waals surface area contributed by atoms with Crippen LogP contribution in [-0.2, 0) is 4.79 Å². The number of nitrogens with one attached hydrogen (secondary N) is 1. The summed E-state index contributed by atoms with van der Waals surface area (Å²) in [7, 11) is 0. The van der Waals surface area contributed by atoms with Crippen molar-refractivity contribution in [2.75, 3.05) is 10.7 Å². The third-order valence-electron chi connectivity index (χ3n) is 2.83. The van der Waals surface area contributed by atoms with Crippen LogP contribution in [0.1, 0.15) is 25.3 Å². The Morgan fingerprint density at radius 2 is 2.18 bits per heavy atom. The number of nitrogens with zero attached hydrogens (tertiary/aromatic N) is 1. The van der Waals surface area contributed by atoms with Crippen LogP contribution in [0, 0.1) is 0 Å². The summed E-state index contributed by atoms with van der Waals surface area (Å²) in [4.78, 5) is 13.7. The van der Waals surface area contributed by atoms with Gasteiger partial charge in [0.25, 0.3) is 0 Å². The Balaban J connectivity index is 2.41. The Labute approximate surface area is 106 Å². The van der Waals surface area contributed by atoms with E-state index in [0.717, 1.165) is 5.69 Å². The molecular weight excluding hydrogens is 234 g/mol. The van der Waals surface area contributed by atoms with Crippen molar-refractivity contribution in [2.24, 2.45) is 5.84 Å². The van der Waals surface area contributed by atoms with Gasteiger partial charge >= 0.3 is 0 Å². The van der Waals surface area contributed by atoms with Gasteiger partial charge in [0, 0.05) is 5.69 Å². The highest BCUT2D eigenvalue weighted by Gasteiger charge is 2.33. The van der Waals surface area contributed by atoms with Crippen molar-refractivity contribution in [3.05, 3.63) is 29.8 Å². The van der Waals surface area contributed by atoms with Crippen molar-refractivity contribution in [3.63, 3.8) is 0 Å². The summed E-state index contributed by atoms with van der Waals surface area (Å²) in [5.74, 6) is 6.44. The Hall–Kier alpha value is -1.04. The maximum Gasteiger partial charge on any atom is 0.239 e. The molecule has 1 atom stereocenters. The molecule has 92 valence electrons. The van der Waals surface area contributed by atoms with Crippen LogP contribution in [0.4, 0.5) is 5.69 Å². The Morgan fingerprint density at radius 1 is 1.47 bits per heavy atom. The fourth-order valence-electron chi connectivity index (χ4n) is 2.00. The lowest BCUT2D eigenvalue weighted by Crippen LogP contribution is -2.45. The predicted molar refractivity (Wildman–Crippen MR) is 71.6 cm³/mol. The molecular formula is C12H17N3OS. The van der Waals surface area contributed by atoms with Gasteiger partial charge in [-0.1, -0.05) is 32.0 Å². The van der Waals surface area contributed by atoms with Gasteiger partial charge in [-0.15, -0.1) is 11.8 Å². The molecule has 2 rings (SSSR count). The standard InChI is InChI=1S/C12H17N3OS/c1-8(2)9-5-3-4-6-10(9)15-11(16)7-17-12(15)14-13/h3-6,8,12,14H,7,13H2,1-2H3. The van der Waals surface area contributed by atoms with E-state index >= 15 is 0 Å². The number of hydrogen-bond acceptors (Lipinski definition) is 4. The third-order valence-corrected chi connectivity index (χ3v) is 3.91. The van der Waals surface area contributed by atoms with Crippen molar-refractivity contribution >= 4 is 23.4 Å². The van der Waals surface area contributed by atoms with Crippen LogP contribution in [0.15, 0.2) is 24.3 Å². The van der Waals surface area contributed by atoms with E-state index in [1.807, 2.05) is 18.2 Å². The van der Waals surface area contributed by atoms with Gasteiger partial charge in [0.1, 0.15) is 5.50 Å². The molecule has 0 radical (unpaired) electrons. The summed E-state index contributed by atoms with van der Waals surface area (Å²) in [6.07, 6.45) is 0. The molecule has 1 aliphatic rings. The van der Waals surface area contributed by atoms with Crippen LogP contribution in [-0.4, -0.2) is 17.2 Å². The summed E-state index contributed by atoms with van der Waals surface area (Å²) in [5.41, 5.74) is 4.64. The maximum absolute atomic E-state index is 11.9. The van der Waals surface area contributed by atoms with Crippen LogP contribution >= 0.6 is 11.8 Å². The number of rotatable bonds is 3. The second-order valence-corrected chi connectivity index (χ2v) is 5.38. The first-order chi connectivity index (χ1) is 8.15. The molecule has 0 aliphatic carbocycles. The number of benzene rings is 1. The van der Waals surface area contributed by atoms with Gasteiger partial charge in [-0.05, 0) is 17.5 Å². The molecule has 1 fully saturated rings. The van der Waals surface area contributed by atoms with E-state index in [0.29, 0.717) is 11.7 Å². The molecule has 1 heterocycles. The highest BCUT2D eigenvalue weighted by atomic mass is 32.2. The number of amides is 1. The van der Waals surface area contributed by atoms with Crippen molar-refractivity contribution < 1.29 is 4.79 Å². The van der Waals surface area contributed by atoms with Gasteiger partial charge in [0.15, 0.2) is 0 Å². The number of para-hydroxylation sites is 1. The minimum absolute atomic E-state index is 0.103. The van der Waals surface area contributed by atoms with Crippen molar-refractivity contribution in [3.8, 4) is 0 Å². The first kappa shape index (κ1) is 12.4. The summed E-state index contributed by atoms with van der Waals surface area (Å²) in [6, 6.07) is 7.98. The molecule has 1 amide bonds. The maximum atomic E-state index is 11.9. The smallest absolute Gasteiger partial charge is 0.239 e. The second kappa shape index (κ2) is 5.08. The first-order valence-electron chi connectivity index (χ1n) is 5.64. The minimum atomic E-state index is -0.164. The third kappa shape index (κ3) is 2.31. The quantitative estimate of drug-likeness (QED) is 0.633. The molecule has 3 N–H and O–H groups in total. The number of anilines is 1. The van der Waals surface area contributed by atoms with E-state index in [-0.39, 0.29) is 11.4 Å². The van der Waals surface area contributed by atoms with Gasteiger partial charge in [-0.2, -0.15) is 0 Å². The van der Waals surface area contributed by atoms with E-state index in [2.05, 4.69) is 25.3 Å². The van der Waals surface area contributed by atoms with Crippen LogP contribution < -0.4 is 16.2 Å². The monoisotopic (exact) mass is 251 g/mol. The lowest BCUT2D eigenvalue weighted by molar-refractivity contribution is -0.115. The normalized spacial score (nSPS) is 20.4. The topological polar surface area (TPSA) is 58.4 Å². The molecule has 0 saturated carbocycles. The first-order valence-corrected chi connectivity index (χ1v) is 6.68. The minimum Gasteiger partial charge on any atom is -0.285 e. The Bertz CT molecular complexity index is 422. The molecule has 17 heavy (non-hydrogen) atoms. The molecule has 1 aromatic carbocycles. The molecule has 1 saturated heterocycles. The average molecular weight is 251 g/mol. The fourth-order valence-corrected chi connectivity index (χ4v) is 2.92. The Morgan fingerprint density at radius 3 is 2.82 bits per heavy atom. The summed E-state index contributed by atoms with van der Waals surface area (Å²) < 4.78 is 0. The van der Waals surface area contributed by atoms with Crippen molar-refractivity contribution in [1.29, 1.82) is 0 Å². The molecule has 0 bridgehead atoms. The molecule has 1 unspecified atom stereocenters. The number of carbonyl (C=O) groups excluding carboxylic acids is 1. The second-order valence-electron chi connectivity index (χ2n) is 4.31. The van der Waals surface area contributed by atoms with Gasteiger partial charge in [-0.25, -0.2) is 5.43 Å². The molecule has 0 aromatic heterocycles. The van der Waals surface area contributed by atoms with Gasteiger partial charge in [0.2, 0.25) is 5.91 Å². The highest BCUT2D eigenvalue weighted by Crippen LogP contribution is 2.34. The number of hydrazine groups is 1. The zero-order valence-corrected chi connectivity index (χ0v) is 10.8. The number of thioether (sulfide) groups is 1. The van der Waals surface area contributed by atoms with Crippen molar-refractivity contribution in [1.82, 2.24) is 5.43 Å².